The first-order chi connectivity index (χ1) is 9.22. The molecule has 4 rings (SSSR count). The van der Waals surface area contributed by atoms with Gasteiger partial charge in [0.25, 0.3) is 0 Å². The van der Waals surface area contributed by atoms with Crippen LogP contribution < -0.4 is 0 Å². The first-order valence-corrected chi connectivity index (χ1v) is 7.80. The van der Waals surface area contributed by atoms with Crippen LogP contribution in [0.5, 0.6) is 0 Å². The summed E-state index contributed by atoms with van der Waals surface area (Å²) in [6.45, 7) is 5.51. The fourth-order valence-corrected chi connectivity index (χ4v) is 4.07. The highest BCUT2D eigenvalue weighted by Crippen LogP contribution is 2.36. The van der Waals surface area contributed by atoms with Crippen LogP contribution in [0.2, 0.25) is 0 Å². The van der Waals surface area contributed by atoms with E-state index >= 15 is 0 Å². The van der Waals surface area contributed by atoms with Crippen molar-refractivity contribution in [1.82, 2.24) is 9.80 Å². The second-order valence-electron chi connectivity index (χ2n) is 6.35. The molecule has 0 N–H and O–H groups in total. The average Bonchev–Trinajstić information content (AvgIpc) is 2.47. The number of piperazine rings is 1. The summed E-state index contributed by atoms with van der Waals surface area (Å²) in [5, 5.41) is 0. The molecule has 1 amide bonds. The molecule has 0 spiro atoms. The van der Waals surface area contributed by atoms with Crippen LogP contribution in [0, 0.1) is 5.92 Å². The summed E-state index contributed by atoms with van der Waals surface area (Å²) in [5.74, 6) is 0.705. The molecule has 2 bridgehead atoms. The zero-order valence-electron chi connectivity index (χ0n) is 12.2. The van der Waals surface area contributed by atoms with E-state index in [1.54, 1.807) is 7.11 Å². The second kappa shape index (κ2) is 5.41. The quantitative estimate of drug-likeness (QED) is 0.776. The van der Waals surface area contributed by atoms with Gasteiger partial charge in [-0.3, -0.25) is 9.69 Å². The van der Waals surface area contributed by atoms with Crippen molar-refractivity contribution in [3.05, 3.63) is 0 Å². The minimum Gasteiger partial charge on any atom is -0.381 e. The van der Waals surface area contributed by atoms with E-state index in [9.17, 15) is 4.79 Å². The lowest BCUT2D eigenvalue weighted by molar-refractivity contribution is -0.160. The van der Waals surface area contributed by atoms with Crippen LogP contribution in [-0.2, 0) is 9.53 Å². The van der Waals surface area contributed by atoms with Crippen LogP contribution >= 0.6 is 0 Å². The van der Waals surface area contributed by atoms with E-state index in [2.05, 4.69) is 16.7 Å². The Bertz CT molecular complexity index is 327. The number of hydrogen-bond donors (Lipinski definition) is 0. The lowest BCUT2D eigenvalue weighted by atomic mass is 9.81. The fraction of sp³-hybridized carbons (Fsp3) is 0.933. The van der Waals surface area contributed by atoms with Gasteiger partial charge in [0.2, 0.25) is 5.91 Å². The number of methoxy groups -OCH3 is 1. The lowest BCUT2D eigenvalue weighted by Crippen LogP contribution is -2.70. The van der Waals surface area contributed by atoms with Crippen LogP contribution in [0.25, 0.3) is 0 Å². The molecule has 0 radical (unpaired) electrons. The van der Waals surface area contributed by atoms with Crippen LogP contribution in [0.15, 0.2) is 0 Å². The number of rotatable bonds is 3. The summed E-state index contributed by atoms with van der Waals surface area (Å²) >= 11 is 0. The summed E-state index contributed by atoms with van der Waals surface area (Å²) in [6.07, 6.45) is 5.76. The van der Waals surface area contributed by atoms with Gasteiger partial charge in [-0.05, 0) is 38.6 Å². The third-order valence-corrected chi connectivity index (χ3v) is 5.33. The predicted octanol–water partition coefficient (Wildman–Crippen LogP) is 1.50. The highest BCUT2D eigenvalue weighted by Gasteiger charge is 2.48. The molecular weight excluding hydrogens is 240 g/mol. The van der Waals surface area contributed by atoms with Crippen molar-refractivity contribution in [1.29, 1.82) is 0 Å². The van der Waals surface area contributed by atoms with E-state index in [1.165, 1.54) is 6.42 Å². The fourth-order valence-electron chi connectivity index (χ4n) is 4.07. The van der Waals surface area contributed by atoms with E-state index in [4.69, 9.17) is 4.74 Å². The number of hydrogen-bond acceptors (Lipinski definition) is 3. The van der Waals surface area contributed by atoms with Gasteiger partial charge in [0.1, 0.15) is 0 Å². The Morgan fingerprint density at radius 2 is 1.79 bits per heavy atom. The molecule has 2 unspecified atom stereocenters. The number of likely N-dealkylation sites (N-methyl/N-ethyl adjacent to an activating group) is 1. The molecule has 4 heteroatoms. The Morgan fingerprint density at radius 1 is 1.16 bits per heavy atom. The molecule has 4 aliphatic rings. The molecule has 4 nitrogen and oxygen atoms in total. The smallest absolute Gasteiger partial charge is 0.226 e. The number of amides is 1. The molecule has 2 atom stereocenters. The third kappa shape index (κ3) is 2.40. The van der Waals surface area contributed by atoms with E-state index in [1.807, 2.05) is 0 Å². The van der Waals surface area contributed by atoms with Crippen molar-refractivity contribution in [2.45, 2.75) is 57.2 Å². The number of carbonyl (C=O) groups excluding carboxylic acids is 1. The highest BCUT2D eigenvalue weighted by molar-refractivity contribution is 5.80. The van der Waals surface area contributed by atoms with Crippen molar-refractivity contribution in [2.75, 3.05) is 26.7 Å². The maximum absolute atomic E-state index is 12.7. The summed E-state index contributed by atoms with van der Waals surface area (Å²) in [7, 11) is 1.78. The predicted molar refractivity (Wildman–Crippen MR) is 73.9 cm³/mol. The maximum atomic E-state index is 12.7. The summed E-state index contributed by atoms with van der Waals surface area (Å²) in [5.41, 5.74) is 0. The van der Waals surface area contributed by atoms with E-state index < -0.39 is 0 Å². The van der Waals surface area contributed by atoms with Gasteiger partial charge in [0.15, 0.2) is 0 Å². The Labute approximate surface area is 116 Å². The minimum absolute atomic E-state index is 0.268. The zero-order valence-corrected chi connectivity index (χ0v) is 12.2. The van der Waals surface area contributed by atoms with Crippen LogP contribution in [0.1, 0.15) is 39.0 Å². The third-order valence-electron chi connectivity index (χ3n) is 5.33. The van der Waals surface area contributed by atoms with E-state index in [0.717, 1.165) is 45.3 Å². The molecule has 3 aliphatic heterocycles. The molecule has 0 aromatic carbocycles. The molecule has 1 aliphatic carbocycles. The first kappa shape index (κ1) is 13.4. The number of ether oxygens (including phenoxy) is 1. The molecule has 4 fully saturated rings. The Balaban J connectivity index is 1.55. The number of nitrogens with zero attached hydrogens (tertiary/aromatic N) is 2. The molecule has 3 heterocycles. The Morgan fingerprint density at radius 3 is 2.32 bits per heavy atom. The first-order valence-electron chi connectivity index (χ1n) is 7.80. The van der Waals surface area contributed by atoms with Gasteiger partial charge in [0.05, 0.1) is 6.10 Å². The molecule has 3 saturated heterocycles. The standard InChI is InChI=1S/C15H26N2O2/c1-3-16-9-12-8-13(10-16)17(12)15(18)11-4-6-14(19-2)7-5-11/h11-14H,3-10H2,1-2H3. The van der Waals surface area contributed by atoms with Gasteiger partial charge < -0.3 is 9.64 Å². The molecule has 19 heavy (non-hydrogen) atoms. The van der Waals surface area contributed by atoms with Crippen molar-refractivity contribution in [2.24, 2.45) is 5.92 Å². The van der Waals surface area contributed by atoms with Gasteiger partial charge in [-0.1, -0.05) is 6.92 Å². The van der Waals surface area contributed by atoms with Crippen molar-refractivity contribution in [3.63, 3.8) is 0 Å². The van der Waals surface area contributed by atoms with E-state index in [0.29, 0.717) is 24.1 Å². The summed E-state index contributed by atoms with van der Waals surface area (Å²) in [6, 6.07) is 1.01. The van der Waals surface area contributed by atoms with Crippen molar-refractivity contribution in [3.8, 4) is 0 Å². The van der Waals surface area contributed by atoms with Gasteiger partial charge in [-0.15, -0.1) is 0 Å². The molecule has 0 aromatic heterocycles. The normalized spacial score (nSPS) is 38.9. The minimum atomic E-state index is 0.268. The van der Waals surface area contributed by atoms with Crippen molar-refractivity contribution >= 4 is 5.91 Å². The van der Waals surface area contributed by atoms with Crippen LogP contribution in [0.4, 0.5) is 0 Å². The maximum Gasteiger partial charge on any atom is 0.226 e. The SMILES string of the molecule is CCN1CC2CC(C1)N2C(=O)C1CCC(OC)CC1. The topological polar surface area (TPSA) is 32.8 Å². The molecule has 0 aromatic rings. The summed E-state index contributed by atoms with van der Waals surface area (Å²) in [4.78, 5) is 17.3. The van der Waals surface area contributed by atoms with Gasteiger partial charge in [-0.25, -0.2) is 0 Å². The van der Waals surface area contributed by atoms with Crippen LogP contribution in [0.3, 0.4) is 0 Å². The second-order valence-corrected chi connectivity index (χ2v) is 6.35. The van der Waals surface area contributed by atoms with Gasteiger partial charge >= 0.3 is 0 Å². The zero-order chi connectivity index (χ0) is 13.4. The van der Waals surface area contributed by atoms with E-state index in [-0.39, 0.29) is 5.92 Å². The highest BCUT2D eigenvalue weighted by atomic mass is 16.5. The number of fused-ring (bicyclic) bond motifs is 2. The molecule has 1 saturated carbocycles. The largest absolute Gasteiger partial charge is 0.381 e. The Hall–Kier alpha value is -0.610. The molecular formula is C15H26N2O2. The number of carbonyl (C=O) groups is 1. The summed E-state index contributed by atoms with van der Waals surface area (Å²) < 4.78 is 5.39. The average molecular weight is 266 g/mol. The van der Waals surface area contributed by atoms with Gasteiger partial charge in [-0.2, -0.15) is 0 Å². The molecule has 108 valence electrons. The van der Waals surface area contributed by atoms with Gasteiger partial charge in [0, 0.05) is 38.2 Å². The monoisotopic (exact) mass is 266 g/mol. The number of piperidine rings is 1. The lowest BCUT2D eigenvalue weighted by Gasteiger charge is -2.57. The van der Waals surface area contributed by atoms with Crippen molar-refractivity contribution < 1.29 is 9.53 Å². The Kier molecular flexibility index (Phi) is 3.81. The van der Waals surface area contributed by atoms with Crippen LogP contribution in [-0.4, -0.2) is 60.6 Å².